The smallest absolute Gasteiger partial charge is 0.262 e. The lowest BCUT2D eigenvalue weighted by Gasteiger charge is -2.50. The van der Waals surface area contributed by atoms with Gasteiger partial charge in [0.15, 0.2) is 31.5 Å². The normalized spacial score (nSPS) is 48.9. The molecule has 370 valence electrons. The molecule has 27 nitrogen and oxygen atoms in total. The quantitative estimate of drug-likeness (QED) is 0.0607. The molecule has 25 atom stereocenters. The molecule has 5 aliphatic heterocycles. The summed E-state index contributed by atoms with van der Waals surface area (Å²) in [5.41, 5.74) is 5.04. The van der Waals surface area contributed by atoms with Gasteiger partial charge in [-0.25, -0.2) is 8.78 Å². The van der Waals surface area contributed by atoms with Gasteiger partial charge in [-0.3, -0.25) is 0 Å². The van der Waals surface area contributed by atoms with Crippen molar-refractivity contribution < 1.29 is 138 Å². The molecule has 0 aromatic rings. The van der Waals surface area contributed by atoms with Gasteiger partial charge >= 0.3 is 0 Å². The maximum absolute atomic E-state index is 13.8. The molecule has 0 aliphatic carbocycles. The highest BCUT2D eigenvalue weighted by Crippen LogP contribution is 2.36. The van der Waals surface area contributed by atoms with Gasteiger partial charge in [0.1, 0.15) is 122 Å². The van der Waals surface area contributed by atoms with Gasteiger partial charge in [-0.1, -0.05) is 0 Å². The Kier molecular flexibility index (Phi) is 19.0. The SMILES string of the molecule is NCC(F)(F)CCO[C@H]1OC(CO)[C@@H](O)C(O[C@H]2OC(CO)[C@@H](O)C(O[C@H]3O[C@H](CO)[C@@H](O)C(O)C3O[C@H]3OC(CO)[C@@H](O)C(O)C3O[C@H]3O[C@H](CO)[C@@H](O)C(O)C3O)C2O)C1O. The van der Waals surface area contributed by atoms with Crippen molar-refractivity contribution in [1.82, 2.24) is 0 Å². The van der Waals surface area contributed by atoms with Crippen molar-refractivity contribution in [3.05, 3.63) is 0 Å². The van der Waals surface area contributed by atoms with E-state index in [1.165, 1.54) is 0 Å². The van der Waals surface area contributed by atoms with Crippen LogP contribution in [0.25, 0.3) is 0 Å². The van der Waals surface area contributed by atoms with Crippen molar-refractivity contribution in [2.75, 3.05) is 46.2 Å². The number of halogens is 2. The lowest BCUT2D eigenvalue weighted by Crippen LogP contribution is -2.68. The summed E-state index contributed by atoms with van der Waals surface area (Å²) in [4.78, 5) is 0. The molecule has 0 aromatic heterocycles. The molecule has 5 rings (SSSR count). The second kappa shape index (κ2) is 22.7. The largest absolute Gasteiger partial charge is 0.394 e. The monoisotopic (exact) mass is 935 g/mol. The summed E-state index contributed by atoms with van der Waals surface area (Å²) < 4.78 is 83.2. The topological polar surface area (TPSA) is 442 Å². The fraction of sp³-hybridized carbons (Fsp3) is 1.00. The molecular formula is C34H59F2NO26. The summed E-state index contributed by atoms with van der Waals surface area (Å²) in [7, 11) is 0. The third kappa shape index (κ3) is 11.6. The number of hydrogen-bond acceptors (Lipinski definition) is 27. The van der Waals surface area contributed by atoms with E-state index in [1.54, 1.807) is 0 Å². The van der Waals surface area contributed by atoms with Crippen molar-refractivity contribution in [1.29, 1.82) is 0 Å². The van der Waals surface area contributed by atoms with Crippen LogP contribution in [0.15, 0.2) is 0 Å². The zero-order valence-corrected chi connectivity index (χ0v) is 33.2. The van der Waals surface area contributed by atoms with Gasteiger partial charge in [0.05, 0.1) is 46.2 Å². The van der Waals surface area contributed by atoms with Crippen LogP contribution >= 0.6 is 0 Å². The molecule has 5 fully saturated rings. The van der Waals surface area contributed by atoms with Crippen LogP contribution in [0.4, 0.5) is 8.78 Å². The minimum atomic E-state index is -3.36. The summed E-state index contributed by atoms with van der Waals surface area (Å²) >= 11 is 0. The maximum atomic E-state index is 13.8. The van der Waals surface area contributed by atoms with E-state index in [1.807, 2.05) is 0 Å². The van der Waals surface area contributed by atoms with Gasteiger partial charge in [-0.2, -0.15) is 0 Å². The number of hydrogen-bond donors (Lipinski definition) is 17. The summed E-state index contributed by atoms with van der Waals surface area (Å²) in [6, 6.07) is 0. The molecule has 18 N–H and O–H groups in total. The summed E-state index contributed by atoms with van der Waals surface area (Å²) in [5.74, 6) is -3.36. The molecule has 0 saturated carbocycles. The predicted molar refractivity (Wildman–Crippen MR) is 189 cm³/mol. The van der Waals surface area contributed by atoms with Crippen molar-refractivity contribution >= 4 is 0 Å². The average molecular weight is 936 g/mol. The number of aliphatic hydroxyl groups is 16. The van der Waals surface area contributed by atoms with Gasteiger partial charge in [0.2, 0.25) is 0 Å². The molecule has 0 amide bonds. The zero-order valence-electron chi connectivity index (χ0n) is 33.2. The first-order valence-corrected chi connectivity index (χ1v) is 19.9. The molecule has 0 radical (unpaired) electrons. The van der Waals surface area contributed by atoms with Crippen LogP contribution in [-0.2, 0) is 47.4 Å². The first-order valence-electron chi connectivity index (χ1n) is 19.9. The van der Waals surface area contributed by atoms with E-state index in [2.05, 4.69) is 0 Å². The van der Waals surface area contributed by atoms with Crippen molar-refractivity contribution in [2.24, 2.45) is 5.73 Å². The van der Waals surface area contributed by atoms with Gasteiger partial charge < -0.3 is 135 Å². The molecule has 29 heteroatoms. The second-order valence-electron chi connectivity index (χ2n) is 15.6. The fourth-order valence-electron chi connectivity index (χ4n) is 7.53. The Hall–Kier alpha value is -1.22. The van der Waals surface area contributed by atoms with E-state index in [-0.39, 0.29) is 0 Å². The lowest BCUT2D eigenvalue weighted by atomic mass is 9.95. The van der Waals surface area contributed by atoms with Gasteiger partial charge in [0, 0.05) is 6.42 Å². The van der Waals surface area contributed by atoms with Crippen molar-refractivity contribution in [3.63, 3.8) is 0 Å². The Labute approximate surface area is 355 Å². The molecule has 5 heterocycles. The van der Waals surface area contributed by atoms with Gasteiger partial charge in [-0.15, -0.1) is 0 Å². The summed E-state index contributed by atoms with van der Waals surface area (Å²) in [6.07, 6.45) is -49.9. The predicted octanol–water partition coefficient (Wildman–Crippen LogP) is -10.9. The summed E-state index contributed by atoms with van der Waals surface area (Å²) in [5, 5.41) is 169. The highest BCUT2D eigenvalue weighted by molar-refractivity contribution is 4.99. The third-order valence-electron chi connectivity index (χ3n) is 11.4. The molecule has 0 aromatic carbocycles. The van der Waals surface area contributed by atoms with E-state index in [9.17, 15) is 90.5 Å². The maximum Gasteiger partial charge on any atom is 0.262 e. The minimum Gasteiger partial charge on any atom is -0.394 e. The standard InChI is InChI=1S/C34H59F2NO26/c35-34(36,8-37)1-2-54-29-23(52)25(17(46)12(6-41)55-29)60-31-24(53)26(18(47)13(7-42)57-31)61-32-28(21(50)16(45)10(4-39)58-32)63-33-27(20(49)15(44)11(5-40)59-33)62-30-22(51)19(48)14(43)9(3-38)56-30/h9-33,38-53H,1-8,37H2/t9-,10-,11?,12?,13?,14-,15-,16-,17-,18-,19?,20?,21?,22?,23?,24?,25?,26?,27?,28?,29+,30-,31-,32-,33-/m1/s1. The van der Waals surface area contributed by atoms with E-state index < -0.39 is 212 Å². The summed E-state index contributed by atoms with van der Waals surface area (Å²) in [6.45, 7) is -6.63. The van der Waals surface area contributed by atoms with Crippen LogP contribution in [0.3, 0.4) is 0 Å². The van der Waals surface area contributed by atoms with Gasteiger partial charge in [0.25, 0.3) is 5.92 Å². The van der Waals surface area contributed by atoms with E-state index >= 15 is 0 Å². The Bertz CT molecular complexity index is 1390. The van der Waals surface area contributed by atoms with Crippen LogP contribution in [-0.4, -0.2) is 287 Å². The van der Waals surface area contributed by atoms with Crippen molar-refractivity contribution in [2.45, 2.75) is 166 Å². The number of rotatable bonds is 18. The van der Waals surface area contributed by atoms with Crippen LogP contribution in [0, 0.1) is 0 Å². The van der Waals surface area contributed by atoms with Gasteiger partial charge in [-0.05, 0) is 0 Å². The number of ether oxygens (including phenoxy) is 10. The minimum absolute atomic E-state index is 0.739. The first kappa shape index (κ1) is 52.7. The molecule has 5 saturated heterocycles. The van der Waals surface area contributed by atoms with E-state index in [0.29, 0.717) is 0 Å². The zero-order chi connectivity index (χ0) is 46.7. The Morgan fingerprint density at radius 2 is 0.698 bits per heavy atom. The highest BCUT2D eigenvalue weighted by Gasteiger charge is 2.57. The average Bonchev–Trinajstić information content (AvgIpc) is 3.26. The molecule has 0 spiro atoms. The third-order valence-corrected chi connectivity index (χ3v) is 11.4. The van der Waals surface area contributed by atoms with E-state index in [0.717, 1.165) is 0 Å². The Morgan fingerprint density at radius 3 is 1.13 bits per heavy atom. The lowest BCUT2D eigenvalue weighted by molar-refractivity contribution is -0.407. The fourth-order valence-corrected chi connectivity index (χ4v) is 7.53. The number of nitrogens with two attached hydrogens (primary N) is 1. The second-order valence-corrected chi connectivity index (χ2v) is 15.6. The first-order chi connectivity index (χ1) is 29.8. The molecule has 63 heavy (non-hydrogen) atoms. The van der Waals surface area contributed by atoms with Crippen LogP contribution < -0.4 is 5.73 Å². The van der Waals surface area contributed by atoms with Crippen LogP contribution in [0.1, 0.15) is 6.42 Å². The van der Waals surface area contributed by atoms with Crippen molar-refractivity contribution in [3.8, 4) is 0 Å². The van der Waals surface area contributed by atoms with E-state index in [4.69, 9.17) is 53.1 Å². The molecule has 0 bridgehead atoms. The Balaban J connectivity index is 1.40. The number of alkyl halides is 2. The molecular weight excluding hydrogens is 876 g/mol. The molecule has 5 aliphatic rings. The molecule has 13 unspecified atom stereocenters. The number of aliphatic hydroxyl groups excluding tert-OH is 16. The van der Waals surface area contributed by atoms with Crippen LogP contribution in [0.5, 0.6) is 0 Å². The Morgan fingerprint density at radius 1 is 0.381 bits per heavy atom. The van der Waals surface area contributed by atoms with Crippen LogP contribution in [0.2, 0.25) is 0 Å². The highest BCUT2D eigenvalue weighted by atomic mass is 19.3.